The lowest BCUT2D eigenvalue weighted by Gasteiger charge is -2.27. The van der Waals surface area contributed by atoms with Gasteiger partial charge in [-0.2, -0.15) is 0 Å². The normalized spacial score (nSPS) is 17.6. The summed E-state index contributed by atoms with van der Waals surface area (Å²) in [6, 6.07) is 8.02. The number of aryl methyl sites for hydroxylation is 1. The largest absolute Gasteiger partial charge is 0.378 e. The van der Waals surface area contributed by atoms with E-state index in [0.717, 1.165) is 17.0 Å². The zero-order valence-electron chi connectivity index (χ0n) is 18.9. The Labute approximate surface area is 184 Å². The molecule has 6 nitrogen and oxygen atoms in total. The highest BCUT2D eigenvalue weighted by molar-refractivity contribution is 6.07. The number of amides is 2. The summed E-state index contributed by atoms with van der Waals surface area (Å²) >= 11 is 0. The minimum atomic E-state index is -0.116. The van der Waals surface area contributed by atoms with Gasteiger partial charge in [0.2, 0.25) is 0 Å². The fraction of sp³-hybridized carbons (Fsp3) is 0.520. The molecule has 0 atom stereocenters. The maximum Gasteiger partial charge on any atom is 0.257 e. The summed E-state index contributed by atoms with van der Waals surface area (Å²) in [4.78, 5) is 28.0. The number of aromatic nitrogens is 1. The molecule has 1 saturated carbocycles. The first kappa shape index (κ1) is 21.6. The summed E-state index contributed by atoms with van der Waals surface area (Å²) in [5, 5.41) is 3.06. The standard InChI is InChI=1S/C25H33N3O3/c1-17-16-22(19(3)28(17)20-8-5-4-6-9-20)24(29)26-23-11-7-10-21(18(23)2)25(30)27-12-14-31-15-13-27/h7,10-11,16,20H,4-6,8-9,12-15H2,1-3H3,(H,26,29). The van der Waals surface area contributed by atoms with Crippen molar-refractivity contribution >= 4 is 17.5 Å². The average molecular weight is 424 g/mol. The van der Waals surface area contributed by atoms with Gasteiger partial charge in [-0.15, -0.1) is 0 Å². The van der Waals surface area contributed by atoms with Crippen LogP contribution in [0, 0.1) is 20.8 Å². The van der Waals surface area contributed by atoms with E-state index in [0.29, 0.717) is 49.2 Å². The first-order valence-corrected chi connectivity index (χ1v) is 11.4. The van der Waals surface area contributed by atoms with Crippen molar-refractivity contribution in [3.63, 3.8) is 0 Å². The molecule has 4 rings (SSSR count). The van der Waals surface area contributed by atoms with Crippen LogP contribution in [-0.2, 0) is 4.74 Å². The van der Waals surface area contributed by atoms with Crippen molar-refractivity contribution in [3.05, 3.63) is 52.3 Å². The number of morpholine rings is 1. The second kappa shape index (κ2) is 9.27. The molecular formula is C25H33N3O3. The summed E-state index contributed by atoms with van der Waals surface area (Å²) in [7, 11) is 0. The van der Waals surface area contributed by atoms with Gasteiger partial charge in [-0.05, 0) is 57.4 Å². The van der Waals surface area contributed by atoms with Gasteiger partial charge in [0.15, 0.2) is 0 Å². The van der Waals surface area contributed by atoms with Gasteiger partial charge in [0.25, 0.3) is 11.8 Å². The quantitative estimate of drug-likeness (QED) is 0.779. The van der Waals surface area contributed by atoms with Crippen LogP contribution in [0.25, 0.3) is 0 Å². The van der Waals surface area contributed by atoms with Crippen LogP contribution in [-0.4, -0.2) is 47.6 Å². The highest BCUT2D eigenvalue weighted by atomic mass is 16.5. The second-order valence-corrected chi connectivity index (χ2v) is 8.78. The van der Waals surface area contributed by atoms with E-state index < -0.39 is 0 Å². The Kier molecular flexibility index (Phi) is 6.46. The second-order valence-electron chi connectivity index (χ2n) is 8.78. The van der Waals surface area contributed by atoms with Gasteiger partial charge in [-0.1, -0.05) is 25.3 Å². The third-order valence-electron chi connectivity index (χ3n) is 6.78. The van der Waals surface area contributed by atoms with Crippen LogP contribution >= 0.6 is 0 Å². The van der Waals surface area contributed by atoms with Crippen molar-refractivity contribution in [3.8, 4) is 0 Å². The number of rotatable bonds is 4. The SMILES string of the molecule is Cc1c(NC(=O)c2cc(C)n(C3CCCCC3)c2C)cccc1C(=O)N1CCOCC1. The first-order valence-electron chi connectivity index (χ1n) is 11.4. The van der Waals surface area contributed by atoms with Crippen molar-refractivity contribution in [2.24, 2.45) is 0 Å². The Morgan fingerprint density at radius 3 is 2.42 bits per heavy atom. The fourth-order valence-corrected chi connectivity index (χ4v) is 5.04. The molecule has 1 N–H and O–H groups in total. The third kappa shape index (κ3) is 4.40. The number of hydrogen-bond donors (Lipinski definition) is 1. The van der Waals surface area contributed by atoms with Crippen LogP contribution in [0.2, 0.25) is 0 Å². The van der Waals surface area contributed by atoms with Gasteiger partial charge in [-0.25, -0.2) is 0 Å². The summed E-state index contributed by atoms with van der Waals surface area (Å²) in [6.07, 6.45) is 6.19. The van der Waals surface area contributed by atoms with Gasteiger partial charge in [-0.3, -0.25) is 9.59 Å². The van der Waals surface area contributed by atoms with Gasteiger partial charge in [0.1, 0.15) is 0 Å². The molecule has 2 amide bonds. The predicted molar refractivity (Wildman–Crippen MR) is 122 cm³/mol. The lowest BCUT2D eigenvalue weighted by atomic mass is 9.95. The van der Waals surface area contributed by atoms with Crippen molar-refractivity contribution < 1.29 is 14.3 Å². The van der Waals surface area contributed by atoms with Crippen LogP contribution in [0.15, 0.2) is 24.3 Å². The Morgan fingerprint density at radius 2 is 1.71 bits per heavy atom. The minimum Gasteiger partial charge on any atom is -0.378 e. The van der Waals surface area contributed by atoms with Crippen LogP contribution in [0.3, 0.4) is 0 Å². The minimum absolute atomic E-state index is 0.00706. The smallest absolute Gasteiger partial charge is 0.257 e. The van der Waals surface area contributed by atoms with Crippen LogP contribution in [0.5, 0.6) is 0 Å². The maximum atomic E-state index is 13.2. The number of benzene rings is 1. The van der Waals surface area contributed by atoms with Crippen LogP contribution in [0.1, 0.15) is 75.8 Å². The Hall–Kier alpha value is -2.60. The molecule has 0 radical (unpaired) electrons. The average Bonchev–Trinajstić information content (AvgIpc) is 3.10. The number of nitrogens with zero attached hydrogens (tertiary/aromatic N) is 2. The van der Waals surface area contributed by atoms with Crippen molar-refractivity contribution in [2.45, 2.75) is 58.9 Å². The molecular weight excluding hydrogens is 390 g/mol. The molecule has 0 spiro atoms. The summed E-state index contributed by atoms with van der Waals surface area (Å²) in [5.41, 5.74) is 5.00. The molecule has 1 aromatic carbocycles. The molecule has 1 aliphatic carbocycles. The molecule has 0 unspecified atom stereocenters. The van der Waals surface area contributed by atoms with Crippen molar-refractivity contribution in [1.29, 1.82) is 0 Å². The molecule has 2 aromatic rings. The molecule has 1 aromatic heterocycles. The van der Waals surface area contributed by atoms with Gasteiger partial charge in [0.05, 0.1) is 18.8 Å². The molecule has 166 valence electrons. The van der Waals surface area contributed by atoms with Crippen LogP contribution in [0.4, 0.5) is 5.69 Å². The number of nitrogens with one attached hydrogen (secondary N) is 1. The van der Waals surface area contributed by atoms with Gasteiger partial charge < -0.3 is 19.5 Å². The topological polar surface area (TPSA) is 63.6 Å². The van der Waals surface area contributed by atoms with E-state index in [2.05, 4.69) is 16.8 Å². The van der Waals surface area contributed by atoms with Crippen LogP contribution < -0.4 is 5.32 Å². The summed E-state index contributed by atoms with van der Waals surface area (Å²) in [6.45, 7) is 8.36. The Bertz CT molecular complexity index is 967. The number of anilines is 1. The van der Waals surface area contributed by atoms with Gasteiger partial charge >= 0.3 is 0 Å². The highest BCUT2D eigenvalue weighted by Crippen LogP contribution is 2.32. The first-order chi connectivity index (χ1) is 15.0. The molecule has 31 heavy (non-hydrogen) atoms. The van der Waals surface area contributed by atoms with Gasteiger partial charge in [0, 0.05) is 41.8 Å². The van der Waals surface area contributed by atoms with E-state index in [9.17, 15) is 9.59 Å². The summed E-state index contributed by atoms with van der Waals surface area (Å²) < 4.78 is 7.70. The lowest BCUT2D eigenvalue weighted by molar-refractivity contribution is 0.0302. The van der Waals surface area contributed by atoms with Crippen molar-refractivity contribution in [1.82, 2.24) is 9.47 Å². The van der Waals surface area contributed by atoms with E-state index in [1.807, 2.05) is 43.0 Å². The zero-order chi connectivity index (χ0) is 22.0. The van der Waals surface area contributed by atoms with E-state index >= 15 is 0 Å². The highest BCUT2D eigenvalue weighted by Gasteiger charge is 2.24. The Balaban J connectivity index is 1.54. The van der Waals surface area contributed by atoms with Crippen molar-refractivity contribution in [2.75, 3.05) is 31.6 Å². The zero-order valence-corrected chi connectivity index (χ0v) is 18.9. The molecule has 2 heterocycles. The van der Waals surface area contributed by atoms with E-state index in [-0.39, 0.29) is 11.8 Å². The molecule has 1 aliphatic heterocycles. The molecule has 0 bridgehead atoms. The fourth-order valence-electron chi connectivity index (χ4n) is 5.04. The number of carbonyl (C=O) groups is 2. The van der Waals surface area contributed by atoms with E-state index in [1.165, 1.54) is 32.1 Å². The Morgan fingerprint density at radius 1 is 1.00 bits per heavy atom. The molecule has 2 aliphatic rings. The monoisotopic (exact) mass is 423 g/mol. The maximum absolute atomic E-state index is 13.2. The predicted octanol–water partition coefficient (Wildman–Crippen LogP) is 4.64. The molecule has 1 saturated heterocycles. The number of carbonyl (C=O) groups excluding carboxylic acids is 2. The third-order valence-corrected chi connectivity index (χ3v) is 6.78. The van der Waals surface area contributed by atoms with E-state index in [4.69, 9.17) is 4.74 Å². The molecule has 6 heteroatoms. The number of hydrogen-bond acceptors (Lipinski definition) is 3. The number of ether oxygens (including phenoxy) is 1. The molecule has 2 fully saturated rings. The summed E-state index contributed by atoms with van der Waals surface area (Å²) in [5.74, 6) is -0.124. The van der Waals surface area contributed by atoms with E-state index in [1.54, 1.807) is 0 Å². The lowest BCUT2D eigenvalue weighted by Crippen LogP contribution is -2.41.